The Labute approximate surface area is 108 Å². The SMILES string of the molecule is [CH2]COCCOCCOCCOCCCC(=O)O. The molecule has 6 nitrogen and oxygen atoms in total. The van der Waals surface area contributed by atoms with Crippen molar-refractivity contribution in [2.75, 3.05) is 52.9 Å². The van der Waals surface area contributed by atoms with Crippen molar-refractivity contribution in [3.05, 3.63) is 6.92 Å². The quantitative estimate of drug-likeness (QED) is 0.466. The standard InChI is InChI=1S/C12H23O6/c1-2-15-6-7-17-10-11-18-9-8-16-5-3-4-12(13)14/h1-11H2,(H,13,14). The first kappa shape index (κ1) is 17.3. The highest BCUT2D eigenvalue weighted by molar-refractivity contribution is 5.66. The van der Waals surface area contributed by atoms with Crippen molar-refractivity contribution in [2.45, 2.75) is 12.8 Å². The van der Waals surface area contributed by atoms with Crippen LogP contribution in [0.3, 0.4) is 0 Å². The maximum atomic E-state index is 10.2. The van der Waals surface area contributed by atoms with Crippen molar-refractivity contribution in [3.63, 3.8) is 0 Å². The molecular formula is C12H23O6. The van der Waals surface area contributed by atoms with E-state index < -0.39 is 5.97 Å². The Morgan fingerprint density at radius 3 is 1.72 bits per heavy atom. The summed E-state index contributed by atoms with van der Waals surface area (Å²) in [5, 5.41) is 8.38. The molecule has 0 aromatic heterocycles. The van der Waals surface area contributed by atoms with Gasteiger partial charge in [0, 0.05) is 19.6 Å². The van der Waals surface area contributed by atoms with E-state index >= 15 is 0 Å². The number of carboxylic acid groups (broad SMARTS) is 1. The molecular weight excluding hydrogens is 240 g/mol. The summed E-state index contributed by atoms with van der Waals surface area (Å²) in [5.74, 6) is -0.796. The van der Waals surface area contributed by atoms with E-state index in [1.165, 1.54) is 0 Å². The summed E-state index contributed by atoms with van der Waals surface area (Å²) in [5.41, 5.74) is 0. The molecule has 0 spiro atoms. The molecule has 0 aliphatic carbocycles. The molecule has 0 rings (SSSR count). The summed E-state index contributed by atoms with van der Waals surface area (Å²) in [6.07, 6.45) is 0.675. The molecule has 0 saturated carbocycles. The maximum Gasteiger partial charge on any atom is 0.303 e. The van der Waals surface area contributed by atoms with Crippen molar-refractivity contribution in [1.29, 1.82) is 0 Å². The van der Waals surface area contributed by atoms with Crippen LogP contribution < -0.4 is 0 Å². The third kappa shape index (κ3) is 15.3. The average Bonchev–Trinajstić information content (AvgIpc) is 2.34. The number of hydrogen-bond donors (Lipinski definition) is 1. The van der Waals surface area contributed by atoms with Gasteiger partial charge in [-0.3, -0.25) is 4.79 Å². The van der Waals surface area contributed by atoms with Gasteiger partial charge in [-0.05, 0) is 13.3 Å². The number of carbonyl (C=O) groups is 1. The molecule has 1 radical (unpaired) electrons. The Kier molecular flexibility index (Phi) is 13.8. The molecule has 0 heterocycles. The van der Waals surface area contributed by atoms with E-state index in [1.807, 2.05) is 0 Å². The summed E-state index contributed by atoms with van der Waals surface area (Å²) in [4.78, 5) is 10.2. The van der Waals surface area contributed by atoms with Gasteiger partial charge < -0.3 is 24.1 Å². The van der Waals surface area contributed by atoms with Gasteiger partial charge in [0.05, 0.1) is 39.6 Å². The Balaban J connectivity index is 2.92. The summed E-state index contributed by atoms with van der Waals surface area (Å²) in [6, 6.07) is 0. The fraction of sp³-hybridized carbons (Fsp3) is 0.833. The summed E-state index contributed by atoms with van der Waals surface area (Å²) >= 11 is 0. The van der Waals surface area contributed by atoms with Crippen molar-refractivity contribution in [2.24, 2.45) is 0 Å². The van der Waals surface area contributed by atoms with Crippen LogP contribution in [0.25, 0.3) is 0 Å². The van der Waals surface area contributed by atoms with Crippen LogP contribution in [0.4, 0.5) is 0 Å². The largest absolute Gasteiger partial charge is 0.481 e. The molecule has 0 saturated heterocycles. The number of aliphatic carboxylic acids is 1. The smallest absolute Gasteiger partial charge is 0.303 e. The second-order valence-electron chi connectivity index (χ2n) is 3.45. The van der Waals surface area contributed by atoms with Crippen molar-refractivity contribution in [1.82, 2.24) is 0 Å². The first-order valence-corrected chi connectivity index (χ1v) is 6.09. The van der Waals surface area contributed by atoms with Gasteiger partial charge in [0.15, 0.2) is 0 Å². The lowest BCUT2D eigenvalue weighted by Crippen LogP contribution is -2.12. The number of rotatable bonds is 14. The first-order chi connectivity index (χ1) is 8.77. The molecule has 0 aromatic rings. The van der Waals surface area contributed by atoms with Crippen LogP contribution in [0.5, 0.6) is 0 Å². The number of carboxylic acids is 1. The van der Waals surface area contributed by atoms with Gasteiger partial charge in [0.25, 0.3) is 0 Å². The van der Waals surface area contributed by atoms with Crippen LogP contribution in [0.1, 0.15) is 12.8 Å². The minimum absolute atomic E-state index is 0.143. The summed E-state index contributed by atoms with van der Waals surface area (Å²) in [6.45, 7) is 7.56. The minimum atomic E-state index is -0.796. The van der Waals surface area contributed by atoms with E-state index in [0.717, 1.165) is 0 Å². The van der Waals surface area contributed by atoms with E-state index in [1.54, 1.807) is 0 Å². The monoisotopic (exact) mass is 263 g/mol. The lowest BCUT2D eigenvalue weighted by atomic mass is 10.3. The van der Waals surface area contributed by atoms with Gasteiger partial charge in [0.1, 0.15) is 0 Å². The predicted molar refractivity (Wildman–Crippen MR) is 65.5 cm³/mol. The molecule has 0 atom stereocenters. The summed E-state index contributed by atoms with van der Waals surface area (Å²) in [7, 11) is 0. The second-order valence-corrected chi connectivity index (χ2v) is 3.45. The van der Waals surface area contributed by atoms with Crippen LogP contribution >= 0.6 is 0 Å². The Hall–Kier alpha value is -0.690. The maximum absolute atomic E-state index is 10.2. The van der Waals surface area contributed by atoms with Crippen molar-refractivity contribution in [3.8, 4) is 0 Å². The molecule has 0 aliphatic heterocycles. The average molecular weight is 263 g/mol. The fourth-order valence-electron chi connectivity index (χ4n) is 1.09. The third-order valence-electron chi connectivity index (χ3n) is 1.94. The second kappa shape index (κ2) is 14.4. The van der Waals surface area contributed by atoms with E-state index in [9.17, 15) is 4.79 Å². The van der Waals surface area contributed by atoms with Gasteiger partial charge in [-0.2, -0.15) is 0 Å². The molecule has 0 aliphatic rings. The Bertz CT molecular complexity index is 185. The molecule has 1 N–H and O–H groups in total. The lowest BCUT2D eigenvalue weighted by molar-refractivity contribution is -0.137. The molecule has 0 unspecified atom stereocenters. The van der Waals surface area contributed by atoms with Gasteiger partial charge in [-0.1, -0.05) is 0 Å². The van der Waals surface area contributed by atoms with E-state index in [4.69, 9.17) is 24.1 Å². The van der Waals surface area contributed by atoms with Crippen LogP contribution in [-0.2, 0) is 23.7 Å². The molecule has 0 aromatic carbocycles. The van der Waals surface area contributed by atoms with Gasteiger partial charge in [-0.15, -0.1) is 0 Å². The number of hydrogen-bond acceptors (Lipinski definition) is 5. The highest BCUT2D eigenvalue weighted by atomic mass is 16.6. The van der Waals surface area contributed by atoms with Crippen LogP contribution in [-0.4, -0.2) is 63.9 Å². The van der Waals surface area contributed by atoms with Gasteiger partial charge in [-0.25, -0.2) is 0 Å². The van der Waals surface area contributed by atoms with Crippen molar-refractivity contribution < 1.29 is 28.8 Å². The minimum Gasteiger partial charge on any atom is -0.481 e. The predicted octanol–water partition coefficient (Wildman–Crippen LogP) is 0.752. The van der Waals surface area contributed by atoms with Crippen LogP contribution in [0, 0.1) is 6.92 Å². The molecule has 0 amide bonds. The Morgan fingerprint density at radius 2 is 1.28 bits per heavy atom. The van der Waals surface area contributed by atoms with Gasteiger partial charge >= 0.3 is 5.97 Å². The zero-order chi connectivity index (χ0) is 13.5. The Morgan fingerprint density at radius 1 is 0.833 bits per heavy atom. The fourth-order valence-corrected chi connectivity index (χ4v) is 1.09. The normalized spacial score (nSPS) is 10.7. The molecule has 6 heteroatoms. The zero-order valence-corrected chi connectivity index (χ0v) is 10.8. The first-order valence-electron chi connectivity index (χ1n) is 6.09. The topological polar surface area (TPSA) is 74.2 Å². The highest BCUT2D eigenvalue weighted by Crippen LogP contribution is 1.90. The molecule has 0 fully saturated rings. The summed E-state index contributed by atoms with van der Waals surface area (Å²) < 4.78 is 20.7. The third-order valence-corrected chi connectivity index (χ3v) is 1.94. The van der Waals surface area contributed by atoms with E-state index in [-0.39, 0.29) is 6.42 Å². The molecule has 18 heavy (non-hydrogen) atoms. The highest BCUT2D eigenvalue weighted by Gasteiger charge is 1.96. The van der Waals surface area contributed by atoms with E-state index in [0.29, 0.717) is 59.3 Å². The van der Waals surface area contributed by atoms with Crippen LogP contribution in [0.15, 0.2) is 0 Å². The van der Waals surface area contributed by atoms with Crippen molar-refractivity contribution >= 4 is 5.97 Å². The molecule has 0 bridgehead atoms. The molecule has 107 valence electrons. The van der Waals surface area contributed by atoms with Crippen LogP contribution in [0.2, 0.25) is 0 Å². The number of ether oxygens (including phenoxy) is 4. The van der Waals surface area contributed by atoms with Gasteiger partial charge in [0.2, 0.25) is 0 Å². The van der Waals surface area contributed by atoms with E-state index in [2.05, 4.69) is 6.92 Å². The zero-order valence-electron chi connectivity index (χ0n) is 10.8. The lowest BCUT2D eigenvalue weighted by Gasteiger charge is -2.06.